The van der Waals surface area contributed by atoms with Gasteiger partial charge in [-0.1, -0.05) is 35.1 Å². The lowest BCUT2D eigenvalue weighted by molar-refractivity contribution is 0.102. The number of para-hydroxylation sites is 1. The Morgan fingerprint density at radius 2 is 2.00 bits per heavy atom. The van der Waals surface area contributed by atoms with Crippen molar-refractivity contribution in [2.45, 2.75) is 11.4 Å². The molecule has 2 aromatic carbocycles. The van der Waals surface area contributed by atoms with Gasteiger partial charge in [0.15, 0.2) is 0 Å². The SMILES string of the molecule is COc1ccc(S(=O)(=O)NCc2nnc(C(=O)Nc3ccccc3F)s2)cc1Cl. The van der Waals surface area contributed by atoms with E-state index in [1.54, 1.807) is 6.07 Å². The molecular formula is C17H14ClFN4O4S2. The third-order valence-electron chi connectivity index (χ3n) is 3.63. The van der Waals surface area contributed by atoms with Crippen molar-refractivity contribution in [1.82, 2.24) is 14.9 Å². The van der Waals surface area contributed by atoms with Crippen LogP contribution in [0.3, 0.4) is 0 Å². The maximum absolute atomic E-state index is 13.6. The molecule has 2 N–H and O–H groups in total. The number of carbonyl (C=O) groups is 1. The lowest BCUT2D eigenvalue weighted by Gasteiger charge is -2.07. The second kappa shape index (κ2) is 8.82. The highest BCUT2D eigenvalue weighted by Crippen LogP contribution is 2.27. The van der Waals surface area contributed by atoms with Gasteiger partial charge in [0.1, 0.15) is 16.6 Å². The van der Waals surface area contributed by atoms with Gasteiger partial charge in [0.2, 0.25) is 15.0 Å². The number of nitrogens with zero attached hydrogens (tertiary/aromatic N) is 2. The first-order valence-corrected chi connectivity index (χ1v) is 10.7. The molecule has 152 valence electrons. The van der Waals surface area contributed by atoms with Gasteiger partial charge in [-0.2, -0.15) is 0 Å². The van der Waals surface area contributed by atoms with E-state index in [9.17, 15) is 17.6 Å². The van der Waals surface area contributed by atoms with Gasteiger partial charge >= 0.3 is 0 Å². The minimum atomic E-state index is -3.87. The summed E-state index contributed by atoms with van der Waals surface area (Å²) in [6.07, 6.45) is 0. The number of anilines is 1. The van der Waals surface area contributed by atoms with Crippen LogP contribution in [0.4, 0.5) is 10.1 Å². The fourth-order valence-corrected chi connectivity index (χ4v) is 4.31. The summed E-state index contributed by atoms with van der Waals surface area (Å²) < 4.78 is 45.8. The fourth-order valence-electron chi connectivity index (χ4n) is 2.21. The van der Waals surface area contributed by atoms with Crippen LogP contribution in [0.1, 0.15) is 14.8 Å². The molecule has 12 heteroatoms. The topological polar surface area (TPSA) is 110 Å². The molecule has 0 fully saturated rings. The van der Waals surface area contributed by atoms with Crippen LogP contribution in [0.2, 0.25) is 5.02 Å². The molecule has 1 aromatic heterocycles. The number of methoxy groups -OCH3 is 1. The molecule has 8 nitrogen and oxygen atoms in total. The average Bonchev–Trinajstić information content (AvgIpc) is 3.17. The maximum atomic E-state index is 13.6. The van der Waals surface area contributed by atoms with Gasteiger partial charge in [0, 0.05) is 0 Å². The van der Waals surface area contributed by atoms with E-state index in [1.807, 2.05) is 0 Å². The van der Waals surface area contributed by atoms with Crippen LogP contribution in [0, 0.1) is 5.82 Å². The molecule has 29 heavy (non-hydrogen) atoms. The number of carbonyl (C=O) groups excluding carboxylic acids is 1. The number of hydrogen-bond acceptors (Lipinski definition) is 7. The molecule has 1 heterocycles. The molecule has 0 saturated heterocycles. The van der Waals surface area contributed by atoms with Gasteiger partial charge in [-0.3, -0.25) is 4.79 Å². The number of aromatic nitrogens is 2. The second-order valence-corrected chi connectivity index (χ2v) is 8.79. The van der Waals surface area contributed by atoms with Crippen molar-refractivity contribution in [3.05, 3.63) is 63.3 Å². The van der Waals surface area contributed by atoms with E-state index in [1.165, 1.54) is 43.5 Å². The zero-order valence-corrected chi connectivity index (χ0v) is 17.2. The number of sulfonamides is 1. The molecule has 0 unspecified atom stereocenters. The van der Waals surface area contributed by atoms with Crippen LogP contribution in [-0.2, 0) is 16.6 Å². The predicted molar refractivity (Wildman–Crippen MR) is 106 cm³/mol. The van der Waals surface area contributed by atoms with Gasteiger partial charge in [-0.25, -0.2) is 17.5 Å². The van der Waals surface area contributed by atoms with Crippen molar-refractivity contribution in [1.29, 1.82) is 0 Å². The Bertz CT molecular complexity index is 1150. The number of benzene rings is 2. The first-order chi connectivity index (χ1) is 13.8. The van der Waals surface area contributed by atoms with Crippen LogP contribution >= 0.6 is 22.9 Å². The van der Waals surface area contributed by atoms with Crippen LogP contribution in [0.15, 0.2) is 47.4 Å². The Labute approximate surface area is 174 Å². The van der Waals surface area contributed by atoms with Gasteiger partial charge in [0.05, 0.1) is 29.3 Å². The van der Waals surface area contributed by atoms with Crippen LogP contribution < -0.4 is 14.8 Å². The Balaban J connectivity index is 1.66. The average molecular weight is 457 g/mol. The number of halogens is 2. The van der Waals surface area contributed by atoms with Crippen molar-refractivity contribution in [3.8, 4) is 5.75 Å². The molecule has 0 spiro atoms. The maximum Gasteiger partial charge on any atom is 0.286 e. The highest BCUT2D eigenvalue weighted by Gasteiger charge is 2.19. The molecule has 3 aromatic rings. The predicted octanol–water partition coefficient (Wildman–Crippen LogP) is 3.07. The molecule has 0 aliphatic rings. The van der Waals surface area contributed by atoms with Crippen LogP contribution in [-0.4, -0.2) is 31.6 Å². The molecule has 0 radical (unpaired) electrons. The zero-order valence-electron chi connectivity index (χ0n) is 14.8. The van der Waals surface area contributed by atoms with Crippen molar-refractivity contribution < 1.29 is 22.3 Å². The molecule has 0 atom stereocenters. The first kappa shape index (κ1) is 21.1. The van der Waals surface area contributed by atoms with Crippen molar-refractivity contribution in [2.24, 2.45) is 0 Å². The monoisotopic (exact) mass is 456 g/mol. The number of nitrogens with one attached hydrogen (secondary N) is 2. The van der Waals surface area contributed by atoms with E-state index in [0.717, 1.165) is 11.3 Å². The lowest BCUT2D eigenvalue weighted by Crippen LogP contribution is -2.23. The third-order valence-corrected chi connectivity index (χ3v) is 6.25. The molecular weight excluding hydrogens is 443 g/mol. The molecule has 0 bridgehead atoms. The third kappa shape index (κ3) is 5.07. The summed E-state index contributed by atoms with van der Waals surface area (Å²) in [5.41, 5.74) is 0.00587. The lowest BCUT2D eigenvalue weighted by atomic mass is 10.3. The molecule has 3 rings (SSSR count). The summed E-state index contributed by atoms with van der Waals surface area (Å²) in [5.74, 6) is -0.889. The molecule has 0 saturated carbocycles. The van der Waals surface area contributed by atoms with E-state index >= 15 is 0 Å². The van der Waals surface area contributed by atoms with E-state index in [2.05, 4.69) is 20.2 Å². The van der Waals surface area contributed by atoms with Crippen LogP contribution in [0.5, 0.6) is 5.75 Å². The number of amides is 1. The van der Waals surface area contributed by atoms with E-state index in [-0.39, 0.29) is 32.2 Å². The van der Waals surface area contributed by atoms with Gasteiger partial charge < -0.3 is 10.1 Å². The molecule has 1 amide bonds. The summed E-state index contributed by atoms with van der Waals surface area (Å²) >= 11 is 6.84. The van der Waals surface area contributed by atoms with Gasteiger partial charge in [-0.15, -0.1) is 10.2 Å². The molecule has 0 aliphatic heterocycles. The summed E-state index contributed by atoms with van der Waals surface area (Å²) in [6.45, 7) is -0.184. The number of rotatable bonds is 7. The fraction of sp³-hybridized carbons (Fsp3) is 0.118. The van der Waals surface area contributed by atoms with E-state index in [4.69, 9.17) is 16.3 Å². The van der Waals surface area contributed by atoms with E-state index in [0.29, 0.717) is 5.75 Å². The standard InChI is InChI=1S/C17H14ClFN4O4S2/c1-27-14-7-6-10(8-11(14)18)29(25,26)20-9-15-22-23-17(28-15)16(24)21-13-5-3-2-4-12(13)19/h2-8,20H,9H2,1H3,(H,21,24). The summed E-state index contributed by atoms with van der Waals surface area (Å²) in [6, 6.07) is 9.73. The zero-order chi connectivity index (χ0) is 21.0. The summed E-state index contributed by atoms with van der Waals surface area (Å²) in [5, 5.41) is 10.3. The molecule has 0 aliphatic carbocycles. The Hall–Kier alpha value is -2.60. The number of ether oxygens (including phenoxy) is 1. The van der Waals surface area contributed by atoms with Crippen molar-refractivity contribution in [2.75, 3.05) is 12.4 Å². The smallest absolute Gasteiger partial charge is 0.286 e. The minimum Gasteiger partial charge on any atom is -0.495 e. The van der Waals surface area contributed by atoms with Crippen LogP contribution in [0.25, 0.3) is 0 Å². The van der Waals surface area contributed by atoms with Crippen molar-refractivity contribution >= 4 is 44.6 Å². The first-order valence-electron chi connectivity index (χ1n) is 8.01. The second-order valence-electron chi connectivity index (χ2n) is 5.56. The van der Waals surface area contributed by atoms with Gasteiger partial charge in [-0.05, 0) is 30.3 Å². The summed E-state index contributed by atoms with van der Waals surface area (Å²) in [4.78, 5) is 12.1. The van der Waals surface area contributed by atoms with Gasteiger partial charge in [0.25, 0.3) is 5.91 Å². The Morgan fingerprint density at radius 1 is 1.24 bits per heavy atom. The Morgan fingerprint density at radius 3 is 2.69 bits per heavy atom. The highest BCUT2D eigenvalue weighted by atomic mass is 35.5. The normalized spacial score (nSPS) is 11.3. The quantitative estimate of drug-likeness (QED) is 0.565. The minimum absolute atomic E-state index is 0.00587. The Kier molecular flexibility index (Phi) is 6.42. The highest BCUT2D eigenvalue weighted by molar-refractivity contribution is 7.89. The van der Waals surface area contributed by atoms with Crippen molar-refractivity contribution in [3.63, 3.8) is 0 Å². The largest absolute Gasteiger partial charge is 0.495 e. The summed E-state index contributed by atoms with van der Waals surface area (Å²) in [7, 11) is -2.45. The number of hydrogen-bond donors (Lipinski definition) is 2. The van der Waals surface area contributed by atoms with E-state index < -0.39 is 21.7 Å².